The minimum Gasteiger partial charge on any atom is -0.299 e. The lowest BCUT2D eigenvalue weighted by Gasteiger charge is -2.23. The number of rotatable bonds is 5. The van der Waals surface area contributed by atoms with E-state index in [1.165, 1.54) is 12.1 Å². The Hall–Kier alpha value is -0.690. The third kappa shape index (κ3) is 3.49. The average molecular weight is 318 g/mol. The van der Waals surface area contributed by atoms with E-state index in [1.54, 1.807) is 6.92 Å². The molecule has 0 amide bonds. The number of halogens is 1. The van der Waals surface area contributed by atoms with Crippen LogP contribution in [0.25, 0.3) is 0 Å². The quantitative estimate of drug-likeness (QED) is 0.841. The van der Waals surface area contributed by atoms with Gasteiger partial charge in [-0.05, 0) is 45.0 Å². The molecule has 20 heavy (non-hydrogen) atoms. The van der Waals surface area contributed by atoms with Crippen molar-refractivity contribution in [2.75, 3.05) is 19.6 Å². The number of aromatic nitrogens is 1. The van der Waals surface area contributed by atoms with Crippen molar-refractivity contribution in [2.45, 2.75) is 37.6 Å². The van der Waals surface area contributed by atoms with Gasteiger partial charge in [0, 0.05) is 12.6 Å². The zero-order chi connectivity index (χ0) is 14.8. The van der Waals surface area contributed by atoms with Gasteiger partial charge in [-0.1, -0.05) is 18.5 Å². The highest BCUT2D eigenvalue weighted by molar-refractivity contribution is 7.89. The highest BCUT2D eigenvalue weighted by Crippen LogP contribution is 2.18. The third-order valence-electron chi connectivity index (χ3n) is 3.71. The Morgan fingerprint density at radius 2 is 2.25 bits per heavy atom. The molecule has 1 fully saturated rings. The lowest BCUT2D eigenvalue weighted by molar-refractivity contribution is 0.268. The van der Waals surface area contributed by atoms with Crippen molar-refractivity contribution in [3.05, 3.63) is 23.0 Å². The fourth-order valence-electron chi connectivity index (χ4n) is 2.63. The molecule has 1 N–H and O–H groups in total. The van der Waals surface area contributed by atoms with Crippen molar-refractivity contribution in [2.24, 2.45) is 0 Å². The Labute approximate surface area is 125 Å². The molecular weight excluding hydrogens is 298 g/mol. The molecule has 0 spiro atoms. The molecule has 1 aromatic heterocycles. The van der Waals surface area contributed by atoms with E-state index >= 15 is 0 Å². The summed E-state index contributed by atoms with van der Waals surface area (Å²) in [5, 5.41) is 0.300. The van der Waals surface area contributed by atoms with E-state index in [-0.39, 0.29) is 10.9 Å². The lowest BCUT2D eigenvalue weighted by atomic mass is 10.2. The standard InChI is InChI=1S/C13H20ClN3O2S/c1-3-17-8-4-5-11(17)9-15-20(18,19)12-6-7-13(14)16-10(12)2/h6-7,11,15H,3-5,8-9H2,1-2H3. The Bertz CT molecular complexity index is 577. The number of sulfonamides is 1. The van der Waals surface area contributed by atoms with Gasteiger partial charge in [0.1, 0.15) is 10.0 Å². The summed E-state index contributed by atoms with van der Waals surface area (Å²) < 4.78 is 27.3. The van der Waals surface area contributed by atoms with E-state index in [4.69, 9.17) is 11.6 Å². The minimum atomic E-state index is -3.52. The fraction of sp³-hybridized carbons (Fsp3) is 0.615. The van der Waals surface area contributed by atoms with Crippen LogP contribution >= 0.6 is 11.6 Å². The molecule has 112 valence electrons. The van der Waals surface area contributed by atoms with Crippen molar-refractivity contribution >= 4 is 21.6 Å². The molecule has 2 heterocycles. The third-order valence-corrected chi connectivity index (χ3v) is 5.47. The van der Waals surface area contributed by atoms with Crippen molar-refractivity contribution in [3.8, 4) is 0 Å². The van der Waals surface area contributed by atoms with Crippen LogP contribution in [0, 0.1) is 6.92 Å². The van der Waals surface area contributed by atoms with Crippen LogP contribution in [-0.4, -0.2) is 44.0 Å². The monoisotopic (exact) mass is 317 g/mol. The van der Waals surface area contributed by atoms with Crippen LogP contribution in [0.15, 0.2) is 17.0 Å². The molecule has 0 aliphatic carbocycles. The number of pyridine rings is 1. The van der Waals surface area contributed by atoms with Crippen LogP contribution in [0.5, 0.6) is 0 Å². The van der Waals surface area contributed by atoms with Crippen molar-refractivity contribution < 1.29 is 8.42 Å². The van der Waals surface area contributed by atoms with E-state index in [9.17, 15) is 8.42 Å². The SMILES string of the molecule is CCN1CCCC1CNS(=O)(=O)c1ccc(Cl)nc1C. The molecule has 0 radical (unpaired) electrons. The van der Waals surface area contributed by atoms with E-state index in [0.29, 0.717) is 17.4 Å². The summed E-state index contributed by atoms with van der Waals surface area (Å²) in [4.78, 5) is 6.48. The second-order valence-corrected chi connectivity index (χ2v) is 7.12. The first kappa shape index (κ1) is 15.7. The zero-order valence-corrected chi connectivity index (χ0v) is 13.3. The summed E-state index contributed by atoms with van der Waals surface area (Å²) in [6.45, 7) is 6.19. The Morgan fingerprint density at radius 3 is 2.90 bits per heavy atom. The molecule has 1 atom stereocenters. The van der Waals surface area contributed by atoms with Crippen LogP contribution < -0.4 is 4.72 Å². The topological polar surface area (TPSA) is 62.3 Å². The summed E-state index contributed by atoms with van der Waals surface area (Å²) in [5.41, 5.74) is 0.420. The highest BCUT2D eigenvalue weighted by atomic mass is 35.5. The van der Waals surface area contributed by atoms with Gasteiger partial charge >= 0.3 is 0 Å². The van der Waals surface area contributed by atoms with Gasteiger partial charge in [-0.25, -0.2) is 18.1 Å². The summed E-state index contributed by atoms with van der Waals surface area (Å²) >= 11 is 5.75. The second kappa shape index (κ2) is 6.39. The van der Waals surface area contributed by atoms with Crippen LogP contribution in [-0.2, 0) is 10.0 Å². The molecule has 2 rings (SSSR count). The van der Waals surface area contributed by atoms with E-state index < -0.39 is 10.0 Å². The minimum absolute atomic E-state index is 0.197. The van der Waals surface area contributed by atoms with E-state index in [1.807, 2.05) is 0 Å². The first-order valence-electron chi connectivity index (χ1n) is 6.81. The number of hydrogen-bond acceptors (Lipinski definition) is 4. The number of nitrogens with one attached hydrogen (secondary N) is 1. The lowest BCUT2D eigenvalue weighted by Crippen LogP contribution is -2.40. The van der Waals surface area contributed by atoms with E-state index in [2.05, 4.69) is 21.5 Å². The van der Waals surface area contributed by atoms with Gasteiger partial charge in [0.25, 0.3) is 0 Å². The van der Waals surface area contributed by atoms with Crippen LogP contribution in [0.1, 0.15) is 25.5 Å². The van der Waals surface area contributed by atoms with Crippen LogP contribution in [0.4, 0.5) is 0 Å². The number of likely N-dealkylation sites (tertiary alicyclic amines) is 1. The van der Waals surface area contributed by atoms with Gasteiger partial charge in [-0.2, -0.15) is 0 Å². The zero-order valence-electron chi connectivity index (χ0n) is 11.8. The van der Waals surface area contributed by atoms with Crippen molar-refractivity contribution in [1.82, 2.24) is 14.6 Å². The first-order chi connectivity index (χ1) is 9.44. The predicted octanol–water partition coefficient (Wildman–Crippen LogP) is 1.81. The summed E-state index contributed by atoms with van der Waals surface area (Å²) in [5.74, 6) is 0. The Kier molecular flexibility index (Phi) is 5.01. The van der Waals surface area contributed by atoms with Gasteiger partial charge in [0.15, 0.2) is 0 Å². The summed E-state index contributed by atoms with van der Waals surface area (Å²) in [6, 6.07) is 3.28. The maximum Gasteiger partial charge on any atom is 0.242 e. The average Bonchev–Trinajstić information content (AvgIpc) is 2.83. The van der Waals surface area contributed by atoms with Crippen molar-refractivity contribution in [3.63, 3.8) is 0 Å². The highest BCUT2D eigenvalue weighted by Gasteiger charge is 2.25. The second-order valence-electron chi connectivity index (χ2n) is 4.99. The summed E-state index contributed by atoms with van der Waals surface area (Å²) in [6.07, 6.45) is 2.16. The molecule has 1 aliphatic heterocycles. The summed E-state index contributed by atoms with van der Waals surface area (Å²) in [7, 11) is -3.52. The predicted molar refractivity (Wildman–Crippen MR) is 79.4 cm³/mol. The maximum atomic E-state index is 12.3. The van der Waals surface area contributed by atoms with Crippen LogP contribution in [0.2, 0.25) is 5.15 Å². The molecular formula is C13H20ClN3O2S. The van der Waals surface area contributed by atoms with Gasteiger partial charge in [0.05, 0.1) is 5.69 Å². The molecule has 0 saturated carbocycles. The molecule has 0 bridgehead atoms. The normalized spacial score (nSPS) is 20.4. The largest absolute Gasteiger partial charge is 0.299 e. The Morgan fingerprint density at radius 1 is 1.50 bits per heavy atom. The Balaban J connectivity index is 2.07. The van der Waals surface area contributed by atoms with Gasteiger partial charge in [-0.15, -0.1) is 0 Å². The molecule has 0 aromatic carbocycles. The molecule has 1 saturated heterocycles. The molecule has 1 aromatic rings. The van der Waals surface area contributed by atoms with Gasteiger partial charge in [0.2, 0.25) is 10.0 Å². The van der Waals surface area contributed by atoms with Crippen molar-refractivity contribution in [1.29, 1.82) is 0 Å². The number of likely N-dealkylation sites (N-methyl/N-ethyl adjacent to an activating group) is 1. The molecule has 7 heteroatoms. The van der Waals surface area contributed by atoms with Crippen LogP contribution in [0.3, 0.4) is 0 Å². The molecule has 1 aliphatic rings. The fourth-order valence-corrected chi connectivity index (χ4v) is 4.07. The number of nitrogens with zero attached hydrogens (tertiary/aromatic N) is 2. The smallest absolute Gasteiger partial charge is 0.242 e. The van der Waals surface area contributed by atoms with Gasteiger partial charge in [-0.3, -0.25) is 4.90 Å². The van der Waals surface area contributed by atoms with E-state index in [0.717, 1.165) is 25.9 Å². The first-order valence-corrected chi connectivity index (χ1v) is 8.67. The molecule has 5 nitrogen and oxygen atoms in total. The maximum absolute atomic E-state index is 12.3. The number of hydrogen-bond donors (Lipinski definition) is 1. The molecule has 1 unspecified atom stereocenters. The van der Waals surface area contributed by atoms with Gasteiger partial charge < -0.3 is 0 Å². The number of aryl methyl sites for hydroxylation is 1.